The van der Waals surface area contributed by atoms with Crippen molar-refractivity contribution in [3.05, 3.63) is 81.2 Å². The molecule has 3 aliphatic heterocycles. The van der Waals surface area contributed by atoms with Gasteiger partial charge in [-0.15, -0.1) is 11.3 Å². The van der Waals surface area contributed by atoms with Crippen molar-refractivity contribution in [2.45, 2.75) is 64.2 Å². The van der Waals surface area contributed by atoms with Crippen LogP contribution in [0.3, 0.4) is 0 Å². The Labute approximate surface area is 264 Å². The maximum absolute atomic E-state index is 15.1. The van der Waals surface area contributed by atoms with Gasteiger partial charge in [0.15, 0.2) is 0 Å². The maximum atomic E-state index is 15.1. The van der Waals surface area contributed by atoms with Crippen molar-refractivity contribution in [3.8, 4) is 5.75 Å². The monoisotopic (exact) mass is 639 g/mol. The second kappa shape index (κ2) is 12.1. The van der Waals surface area contributed by atoms with Crippen LogP contribution in [0.25, 0.3) is 10.3 Å². The molecule has 2 aromatic heterocycles. The molecule has 0 N–H and O–H groups in total. The molecule has 44 heavy (non-hydrogen) atoms. The van der Waals surface area contributed by atoms with E-state index in [0.717, 1.165) is 60.7 Å². The van der Waals surface area contributed by atoms with E-state index in [1.807, 2.05) is 37.3 Å². The van der Waals surface area contributed by atoms with Gasteiger partial charge in [-0.25, -0.2) is 14.2 Å². The van der Waals surface area contributed by atoms with Gasteiger partial charge in [-0.1, -0.05) is 29.8 Å². The molecule has 1 unspecified atom stereocenters. The van der Waals surface area contributed by atoms with E-state index < -0.39 is 11.6 Å². The smallest absolute Gasteiger partial charge is 0.348 e. The largest absolute Gasteiger partial charge is 0.462 e. The molecule has 2 aromatic carbocycles. The zero-order chi connectivity index (χ0) is 30.4. The lowest BCUT2D eigenvalue weighted by Gasteiger charge is -2.44. The predicted octanol–water partition coefficient (Wildman–Crippen LogP) is 7.09. The molecule has 3 aliphatic rings. The Bertz CT molecular complexity index is 1680. The molecular weight excluding hydrogens is 605 g/mol. The highest BCUT2D eigenvalue weighted by atomic mass is 35.5. The number of hydrogen-bond acceptors (Lipinski definition) is 8. The first-order valence-electron chi connectivity index (χ1n) is 15.2. The van der Waals surface area contributed by atoms with Gasteiger partial charge in [0.1, 0.15) is 27.1 Å². The van der Waals surface area contributed by atoms with E-state index in [1.54, 1.807) is 19.1 Å². The minimum atomic E-state index is -1.28. The molecule has 0 aliphatic carbocycles. The number of halogens is 2. The summed E-state index contributed by atoms with van der Waals surface area (Å²) in [7, 11) is 0. The van der Waals surface area contributed by atoms with E-state index >= 15 is 4.39 Å². The average Bonchev–Trinajstić information content (AvgIpc) is 3.53. The van der Waals surface area contributed by atoms with Crippen molar-refractivity contribution in [2.75, 3.05) is 26.3 Å². The molecule has 0 saturated carbocycles. The molecule has 4 aromatic rings. The number of carbonyl (C=O) groups is 1. The first-order chi connectivity index (χ1) is 21.3. The molecular formula is C33H35ClFN3O5S. The molecule has 8 nitrogen and oxygen atoms in total. The van der Waals surface area contributed by atoms with Crippen molar-refractivity contribution in [3.63, 3.8) is 0 Å². The Morgan fingerprint density at radius 3 is 2.70 bits per heavy atom. The van der Waals surface area contributed by atoms with E-state index in [9.17, 15) is 4.79 Å². The number of thiophene rings is 1. The number of fused-ring (bicyclic) bond motifs is 2. The van der Waals surface area contributed by atoms with Gasteiger partial charge in [0.2, 0.25) is 5.79 Å². The molecule has 0 amide bonds. The maximum Gasteiger partial charge on any atom is 0.348 e. The number of nitrogens with zero attached hydrogens (tertiary/aromatic N) is 3. The molecule has 0 bridgehead atoms. The lowest BCUT2D eigenvalue weighted by Crippen LogP contribution is -2.43. The van der Waals surface area contributed by atoms with Crippen molar-refractivity contribution in [1.82, 2.24) is 14.5 Å². The lowest BCUT2D eigenvalue weighted by atomic mass is 9.85. The first-order valence-corrected chi connectivity index (χ1v) is 16.4. The number of aromatic nitrogens is 2. The highest BCUT2D eigenvalue weighted by Crippen LogP contribution is 2.49. The Morgan fingerprint density at radius 2 is 1.98 bits per heavy atom. The second-order valence-corrected chi connectivity index (χ2v) is 13.3. The molecule has 0 radical (unpaired) electrons. The van der Waals surface area contributed by atoms with Crippen LogP contribution in [0.1, 0.15) is 65.8 Å². The average molecular weight is 640 g/mol. The van der Waals surface area contributed by atoms with Crippen LogP contribution in [0.4, 0.5) is 4.39 Å². The van der Waals surface area contributed by atoms with E-state index in [-0.39, 0.29) is 24.1 Å². The summed E-state index contributed by atoms with van der Waals surface area (Å²) >= 11 is 7.42. The summed E-state index contributed by atoms with van der Waals surface area (Å²) in [5.74, 6) is -0.125. The second-order valence-electron chi connectivity index (χ2n) is 11.8. The van der Waals surface area contributed by atoms with Crippen LogP contribution < -0.4 is 4.74 Å². The topological polar surface area (TPSA) is 75.0 Å². The van der Waals surface area contributed by atoms with Gasteiger partial charge < -0.3 is 23.5 Å². The number of ether oxygens (including phenoxy) is 4. The van der Waals surface area contributed by atoms with E-state index in [0.29, 0.717) is 40.9 Å². The third-order valence-corrected chi connectivity index (χ3v) is 10.1. The van der Waals surface area contributed by atoms with Crippen LogP contribution in [0, 0.1) is 11.7 Å². The van der Waals surface area contributed by atoms with E-state index in [2.05, 4.69) is 9.47 Å². The highest BCUT2D eigenvalue weighted by Gasteiger charge is 2.44. The summed E-state index contributed by atoms with van der Waals surface area (Å²) in [5, 5.41) is 0.329. The van der Waals surface area contributed by atoms with Crippen LogP contribution in [0.5, 0.6) is 5.75 Å². The molecule has 2 fully saturated rings. The third-order valence-electron chi connectivity index (χ3n) is 8.91. The fourth-order valence-corrected chi connectivity index (χ4v) is 7.61. The quantitative estimate of drug-likeness (QED) is 0.191. The number of esters is 1. The summed E-state index contributed by atoms with van der Waals surface area (Å²) in [6.07, 6.45) is 2.75. The van der Waals surface area contributed by atoms with Crippen LogP contribution in [-0.4, -0.2) is 52.8 Å². The summed E-state index contributed by atoms with van der Waals surface area (Å²) in [6.45, 7) is 7.87. The number of piperidine rings is 1. The number of carbonyl (C=O) groups excluding carboxylic acids is 1. The van der Waals surface area contributed by atoms with Crippen LogP contribution in [-0.2, 0) is 33.1 Å². The highest BCUT2D eigenvalue weighted by molar-refractivity contribution is 7.20. The van der Waals surface area contributed by atoms with Crippen molar-refractivity contribution >= 4 is 39.3 Å². The van der Waals surface area contributed by atoms with Crippen LogP contribution >= 0.6 is 22.9 Å². The number of likely N-dealkylation sites (tertiary alicyclic amines) is 1. The lowest BCUT2D eigenvalue weighted by molar-refractivity contribution is -0.243. The Balaban J connectivity index is 1.09. The summed E-state index contributed by atoms with van der Waals surface area (Å²) in [4.78, 5) is 21.2. The van der Waals surface area contributed by atoms with Gasteiger partial charge >= 0.3 is 5.97 Å². The van der Waals surface area contributed by atoms with Crippen LogP contribution in [0.15, 0.2) is 48.5 Å². The van der Waals surface area contributed by atoms with Gasteiger partial charge in [-0.2, -0.15) is 0 Å². The molecule has 3 atom stereocenters. The first kappa shape index (κ1) is 29.7. The van der Waals surface area contributed by atoms with Gasteiger partial charge in [0, 0.05) is 24.1 Å². The molecule has 11 heteroatoms. The normalized spacial score (nSPS) is 24.1. The van der Waals surface area contributed by atoms with Crippen molar-refractivity contribution in [1.29, 1.82) is 0 Å². The summed E-state index contributed by atoms with van der Waals surface area (Å²) < 4.78 is 41.2. The Kier molecular flexibility index (Phi) is 8.13. The zero-order valence-corrected chi connectivity index (χ0v) is 26.3. The summed E-state index contributed by atoms with van der Waals surface area (Å²) in [6, 6.07) is 14.4. The Morgan fingerprint density at radius 1 is 1.18 bits per heavy atom. The molecule has 2 saturated heterocycles. The van der Waals surface area contributed by atoms with E-state index in [4.69, 9.17) is 35.5 Å². The summed E-state index contributed by atoms with van der Waals surface area (Å²) in [5.41, 5.74) is 2.28. The van der Waals surface area contributed by atoms with Crippen LogP contribution in [0.2, 0.25) is 5.02 Å². The standard InChI is InChI=1S/C33H35ClFN3O5S/c1-3-40-32(39)28-17-26-31(44-28)36-29(38(26)18-22-12-15-41-22)19-37-13-10-20(11-14-37)30-23-6-4-5-7-27(23)42-33(2,43-30)24-9-8-21(34)16-25(24)35/h4-9,16-17,20,22,30H,3,10-15,18-19H2,1-2H3/t22-,30?,33+/m0/s1. The number of rotatable bonds is 8. The zero-order valence-electron chi connectivity index (χ0n) is 24.8. The van der Waals surface area contributed by atoms with E-state index in [1.165, 1.54) is 17.4 Å². The number of imidazole rings is 1. The molecule has 232 valence electrons. The molecule has 5 heterocycles. The Hall–Kier alpha value is -3.02. The van der Waals surface area contributed by atoms with Crippen molar-refractivity contribution < 1.29 is 28.1 Å². The third kappa shape index (κ3) is 5.63. The SMILES string of the molecule is CCOC(=O)c1cc2c(nc(CN3CCC(C4O[C@](C)(c5ccc(Cl)cc5F)Oc5ccccc54)CC3)n2C[C@@H]2CCO2)s1. The van der Waals surface area contributed by atoms with Gasteiger partial charge in [-0.05, 0) is 75.5 Å². The van der Waals surface area contributed by atoms with Gasteiger partial charge in [-0.3, -0.25) is 4.90 Å². The van der Waals surface area contributed by atoms with Gasteiger partial charge in [0.05, 0.1) is 43.0 Å². The predicted molar refractivity (Wildman–Crippen MR) is 166 cm³/mol. The molecule has 7 rings (SSSR count). The number of hydrogen-bond donors (Lipinski definition) is 0. The number of para-hydroxylation sites is 1. The molecule has 0 spiro atoms. The minimum absolute atomic E-state index is 0.161. The minimum Gasteiger partial charge on any atom is -0.462 e. The number of benzene rings is 2. The fourth-order valence-electron chi connectivity index (χ4n) is 6.51. The fraction of sp³-hybridized carbons (Fsp3) is 0.455. The van der Waals surface area contributed by atoms with Crippen molar-refractivity contribution in [2.24, 2.45) is 5.92 Å². The van der Waals surface area contributed by atoms with Gasteiger partial charge in [0.25, 0.3) is 0 Å².